The molecule has 2 aromatic carbocycles. The van der Waals surface area contributed by atoms with Crippen LogP contribution in [0.1, 0.15) is 5.56 Å². The summed E-state index contributed by atoms with van der Waals surface area (Å²) < 4.78 is 43.4. The van der Waals surface area contributed by atoms with Gasteiger partial charge in [0.05, 0.1) is 16.6 Å². The third-order valence-electron chi connectivity index (χ3n) is 3.94. The highest BCUT2D eigenvalue weighted by atomic mass is 19.4. The Hall–Kier alpha value is -3.62. The van der Waals surface area contributed by atoms with E-state index >= 15 is 0 Å². The van der Waals surface area contributed by atoms with Crippen LogP contribution >= 0.6 is 0 Å². The van der Waals surface area contributed by atoms with E-state index in [0.29, 0.717) is 34.0 Å². The zero-order chi connectivity index (χ0) is 19.0. The number of nitrogens with two attached hydrogens (primary N) is 1. The van der Waals surface area contributed by atoms with Gasteiger partial charge in [0.1, 0.15) is 23.6 Å². The van der Waals surface area contributed by atoms with Gasteiger partial charge in [-0.3, -0.25) is 5.10 Å². The molecule has 2 heterocycles. The third kappa shape index (κ3) is 3.26. The van der Waals surface area contributed by atoms with Gasteiger partial charge in [-0.05, 0) is 48.5 Å². The van der Waals surface area contributed by atoms with E-state index in [1.165, 1.54) is 18.5 Å². The van der Waals surface area contributed by atoms with Gasteiger partial charge >= 0.3 is 6.18 Å². The smallest absolute Gasteiger partial charge is 0.416 e. The molecule has 6 nitrogen and oxygen atoms in total. The molecule has 0 saturated heterocycles. The molecule has 0 saturated carbocycles. The molecule has 0 spiro atoms. The average Bonchev–Trinajstić information content (AvgIpc) is 3.08. The van der Waals surface area contributed by atoms with Gasteiger partial charge in [-0.1, -0.05) is 0 Å². The number of rotatable bonds is 3. The van der Waals surface area contributed by atoms with Crippen molar-refractivity contribution in [2.24, 2.45) is 0 Å². The van der Waals surface area contributed by atoms with Gasteiger partial charge in [-0.2, -0.15) is 18.3 Å². The lowest BCUT2D eigenvalue weighted by molar-refractivity contribution is -0.137. The lowest BCUT2D eigenvalue weighted by Crippen LogP contribution is -2.03. The SMILES string of the molecule is Nc1ncnc2n[nH]c(-c3ccc(Oc4ccc(C(F)(F)F)cc4)cc3)c12. The fraction of sp³-hybridized carbons (Fsp3) is 0.0556. The summed E-state index contributed by atoms with van der Waals surface area (Å²) in [6.45, 7) is 0. The van der Waals surface area contributed by atoms with Gasteiger partial charge in [-0.15, -0.1) is 0 Å². The number of aromatic amines is 1. The topological polar surface area (TPSA) is 89.7 Å². The number of halogens is 3. The van der Waals surface area contributed by atoms with E-state index in [2.05, 4.69) is 20.2 Å². The first-order valence-electron chi connectivity index (χ1n) is 7.82. The summed E-state index contributed by atoms with van der Waals surface area (Å²) in [7, 11) is 0. The number of hydrogen-bond acceptors (Lipinski definition) is 5. The van der Waals surface area contributed by atoms with Gasteiger partial charge in [0.2, 0.25) is 0 Å². The minimum atomic E-state index is -4.38. The predicted molar refractivity (Wildman–Crippen MR) is 93.1 cm³/mol. The van der Waals surface area contributed by atoms with Crippen LogP contribution in [0.2, 0.25) is 0 Å². The van der Waals surface area contributed by atoms with Crippen LogP contribution in [0.4, 0.5) is 19.0 Å². The standard InChI is InChI=1S/C18H12F3N5O/c19-18(20,21)11-3-7-13(8-4-11)27-12-5-1-10(2-6-12)15-14-16(22)23-9-24-17(14)26-25-15/h1-9H,(H3,22,23,24,25,26). The van der Waals surface area contributed by atoms with Crippen LogP contribution in [0.15, 0.2) is 54.9 Å². The molecular weight excluding hydrogens is 359 g/mol. The Morgan fingerprint density at radius 3 is 2.15 bits per heavy atom. The maximum absolute atomic E-state index is 12.6. The summed E-state index contributed by atoms with van der Waals surface area (Å²) in [5.41, 5.74) is 7.09. The summed E-state index contributed by atoms with van der Waals surface area (Å²) in [6.07, 6.45) is -3.04. The number of anilines is 1. The molecule has 0 aliphatic heterocycles. The van der Waals surface area contributed by atoms with Crippen molar-refractivity contribution in [2.75, 3.05) is 5.73 Å². The number of hydrogen-bond donors (Lipinski definition) is 2. The van der Waals surface area contributed by atoms with Crippen molar-refractivity contribution in [1.82, 2.24) is 20.2 Å². The second-order valence-electron chi connectivity index (χ2n) is 5.70. The number of alkyl halides is 3. The Bertz CT molecular complexity index is 1090. The maximum atomic E-state index is 12.6. The second kappa shape index (κ2) is 6.27. The summed E-state index contributed by atoms with van der Waals surface area (Å²) in [4.78, 5) is 8.01. The molecule has 0 radical (unpaired) electrons. The van der Waals surface area contributed by atoms with Crippen molar-refractivity contribution in [1.29, 1.82) is 0 Å². The van der Waals surface area contributed by atoms with E-state index in [1.54, 1.807) is 24.3 Å². The molecule has 4 rings (SSSR count). The highest BCUT2D eigenvalue weighted by Crippen LogP contribution is 2.33. The molecule has 3 N–H and O–H groups in total. The van der Waals surface area contributed by atoms with Crippen molar-refractivity contribution in [3.05, 3.63) is 60.4 Å². The van der Waals surface area contributed by atoms with E-state index < -0.39 is 11.7 Å². The second-order valence-corrected chi connectivity index (χ2v) is 5.70. The summed E-state index contributed by atoms with van der Waals surface area (Å²) in [5, 5.41) is 7.59. The molecule has 136 valence electrons. The molecule has 2 aromatic heterocycles. The highest BCUT2D eigenvalue weighted by Gasteiger charge is 2.30. The van der Waals surface area contributed by atoms with Crippen LogP contribution in [0.3, 0.4) is 0 Å². The van der Waals surface area contributed by atoms with E-state index in [0.717, 1.165) is 17.7 Å². The number of nitrogens with one attached hydrogen (secondary N) is 1. The van der Waals surface area contributed by atoms with Gasteiger partial charge in [-0.25, -0.2) is 9.97 Å². The Kier molecular flexibility index (Phi) is 3.91. The van der Waals surface area contributed by atoms with Crippen LogP contribution < -0.4 is 10.5 Å². The Labute approximate surface area is 150 Å². The molecule has 27 heavy (non-hydrogen) atoms. The minimum absolute atomic E-state index is 0.306. The van der Waals surface area contributed by atoms with Crippen LogP contribution in [0.25, 0.3) is 22.3 Å². The van der Waals surface area contributed by atoms with Crippen LogP contribution in [-0.2, 0) is 6.18 Å². The normalized spacial score (nSPS) is 11.7. The Balaban J connectivity index is 1.57. The first-order valence-corrected chi connectivity index (χ1v) is 7.82. The molecule has 0 aliphatic rings. The molecule has 0 atom stereocenters. The molecule has 0 aliphatic carbocycles. The number of aromatic nitrogens is 4. The molecule has 0 unspecified atom stereocenters. The lowest BCUT2D eigenvalue weighted by Gasteiger charge is -2.09. The largest absolute Gasteiger partial charge is 0.457 e. The van der Waals surface area contributed by atoms with Crippen molar-refractivity contribution >= 4 is 16.9 Å². The minimum Gasteiger partial charge on any atom is -0.457 e. The van der Waals surface area contributed by atoms with Gasteiger partial charge in [0.15, 0.2) is 5.65 Å². The summed E-state index contributed by atoms with van der Waals surface area (Å²) >= 11 is 0. The summed E-state index contributed by atoms with van der Waals surface area (Å²) in [6, 6.07) is 11.4. The zero-order valence-corrected chi connectivity index (χ0v) is 13.7. The monoisotopic (exact) mass is 371 g/mol. The Morgan fingerprint density at radius 2 is 1.52 bits per heavy atom. The van der Waals surface area contributed by atoms with Crippen molar-refractivity contribution in [3.63, 3.8) is 0 Å². The molecule has 0 amide bonds. The lowest BCUT2D eigenvalue weighted by atomic mass is 10.1. The Morgan fingerprint density at radius 1 is 0.889 bits per heavy atom. The number of ether oxygens (including phenoxy) is 1. The van der Waals surface area contributed by atoms with E-state index in [4.69, 9.17) is 10.5 Å². The maximum Gasteiger partial charge on any atom is 0.416 e. The number of benzene rings is 2. The first-order chi connectivity index (χ1) is 12.9. The molecule has 0 fully saturated rings. The van der Waals surface area contributed by atoms with Gasteiger partial charge in [0.25, 0.3) is 0 Å². The highest BCUT2D eigenvalue weighted by molar-refractivity contribution is 5.97. The number of H-pyrrole nitrogens is 1. The van der Waals surface area contributed by atoms with E-state index in [9.17, 15) is 13.2 Å². The number of nitrogens with zero attached hydrogens (tertiary/aromatic N) is 3. The van der Waals surface area contributed by atoms with Crippen LogP contribution in [0.5, 0.6) is 11.5 Å². The van der Waals surface area contributed by atoms with Crippen molar-refractivity contribution in [2.45, 2.75) is 6.18 Å². The zero-order valence-electron chi connectivity index (χ0n) is 13.7. The van der Waals surface area contributed by atoms with E-state index in [1.807, 2.05) is 0 Å². The quantitative estimate of drug-likeness (QED) is 0.557. The molecule has 0 bridgehead atoms. The fourth-order valence-corrected chi connectivity index (χ4v) is 2.63. The molecular formula is C18H12F3N5O. The van der Waals surface area contributed by atoms with Crippen LogP contribution in [0, 0.1) is 0 Å². The van der Waals surface area contributed by atoms with Gasteiger partial charge < -0.3 is 10.5 Å². The summed E-state index contributed by atoms with van der Waals surface area (Å²) in [5.74, 6) is 1.10. The first kappa shape index (κ1) is 16.8. The number of fused-ring (bicyclic) bond motifs is 1. The molecule has 4 aromatic rings. The van der Waals surface area contributed by atoms with Crippen molar-refractivity contribution < 1.29 is 17.9 Å². The number of nitrogen functional groups attached to an aromatic ring is 1. The fourth-order valence-electron chi connectivity index (χ4n) is 2.63. The van der Waals surface area contributed by atoms with E-state index in [-0.39, 0.29) is 0 Å². The van der Waals surface area contributed by atoms with Crippen molar-refractivity contribution in [3.8, 4) is 22.8 Å². The molecule has 9 heteroatoms. The van der Waals surface area contributed by atoms with Crippen LogP contribution in [-0.4, -0.2) is 20.2 Å². The average molecular weight is 371 g/mol. The third-order valence-corrected chi connectivity index (χ3v) is 3.94. The predicted octanol–water partition coefficient (Wildman–Crippen LogP) is 4.41. The van der Waals surface area contributed by atoms with Gasteiger partial charge in [0, 0.05) is 5.56 Å².